The fourth-order valence-corrected chi connectivity index (χ4v) is 4.22. The van der Waals surface area contributed by atoms with Crippen molar-refractivity contribution in [1.29, 1.82) is 0 Å². The first-order valence-electron chi connectivity index (χ1n) is 8.96. The van der Waals surface area contributed by atoms with Crippen molar-refractivity contribution in [2.75, 3.05) is 12.4 Å². The molecular weight excluding hydrogens is 436 g/mol. The standard InChI is InChI=1S/C19H16ClF2N5O2S/c1-8-3-9(10-5-15(20)24-7-14(10)29-2)13(6-23-8)17(28)25-19-27-26-18(30-19)12-4-11(12)16(21)22/h3,5-7,11-12,16H,4H2,1-2H3,(H,25,27,28)/t11-,12-/m0/s1. The van der Waals surface area contributed by atoms with Crippen LogP contribution in [-0.2, 0) is 0 Å². The maximum Gasteiger partial charge on any atom is 0.259 e. The summed E-state index contributed by atoms with van der Waals surface area (Å²) in [5.74, 6) is -0.994. The maximum atomic E-state index is 12.9. The Hall–Kier alpha value is -2.72. The van der Waals surface area contributed by atoms with Crippen LogP contribution in [0.5, 0.6) is 5.75 Å². The third-order valence-corrected chi connectivity index (χ3v) is 5.95. The second-order valence-corrected chi connectivity index (χ2v) is 8.22. The number of halogens is 3. The first-order chi connectivity index (χ1) is 14.4. The largest absolute Gasteiger partial charge is 0.494 e. The van der Waals surface area contributed by atoms with Gasteiger partial charge < -0.3 is 4.74 Å². The molecule has 1 N–H and O–H groups in total. The lowest BCUT2D eigenvalue weighted by molar-refractivity contribution is 0.102. The number of hydrogen-bond acceptors (Lipinski definition) is 7. The number of rotatable bonds is 6. The molecule has 2 atom stereocenters. The van der Waals surface area contributed by atoms with E-state index in [1.165, 1.54) is 19.5 Å². The zero-order valence-corrected chi connectivity index (χ0v) is 17.5. The topological polar surface area (TPSA) is 89.9 Å². The number of aryl methyl sites for hydroxylation is 1. The molecule has 0 aliphatic heterocycles. The first-order valence-corrected chi connectivity index (χ1v) is 10.2. The van der Waals surface area contributed by atoms with Gasteiger partial charge in [0.25, 0.3) is 5.91 Å². The van der Waals surface area contributed by atoms with E-state index in [-0.39, 0.29) is 21.8 Å². The van der Waals surface area contributed by atoms with E-state index in [2.05, 4.69) is 25.5 Å². The van der Waals surface area contributed by atoms with Crippen LogP contribution in [-0.4, -0.2) is 39.6 Å². The summed E-state index contributed by atoms with van der Waals surface area (Å²) in [4.78, 5) is 21.2. The van der Waals surface area contributed by atoms with E-state index < -0.39 is 18.3 Å². The lowest BCUT2D eigenvalue weighted by Gasteiger charge is -2.13. The average Bonchev–Trinajstić information content (AvgIpc) is 3.40. The van der Waals surface area contributed by atoms with Crippen LogP contribution in [0.2, 0.25) is 5.15 Å². The number of carbonyl (C=O) groups excluding carboxylic acids is 1. The van der Waals surface area contributed by atoms with E-state index in [1.807, 2.05) is 0 Å². The van der Waals surface area contributed by atoms with Crippen molar-refractivity contribution in [3.63, 3.8) is 0 Å². The molecule has 1 aliphatic rings. The molecule has 11 heteroatoms. The fourth-order valence-electron chi connectivity index (χ4n) is 3.13. The van der Waals surface area contributed by atoms with Crippen molar-refractivity contribution in [2.24, 2.45) is 5.92 Å². The van der Waals surface area contributed by atoms with E-state index in [0.29, 0.717) is 34.0 Å². The Labute approximate surface area is 179 Å². The number of alkyl halides is 2. The van der Waals surface area contributed by atoms with Gasteiger partial charge in [-0.3, -0.25) is 15.1 Å². The normalized spacial score (nSPS) is 17.8. The minimum absolute atomic E-state index is 0.237. The quantitative estimate of drug-likeness (QED) is 0.551. The fraction of sp³-hybridized carbons (Fsp3) is 0.316. The summed E-state index contributed by atoms with van der Waals surface area (Å²) in [6.45, 7) is 1.80. The van der Waals surface area contributed by atoms with Crippen molar-refractivity contribution >= 4 is 34.0 Å². The van der Waals surface area contributed by atoms with Gasteiger partial charge in [-0.1, -0.05) is 22.9 Å². The molecule has 4 rings (SSSR count). The summed E-state index contributed by atoms with van der Waals surface area (Å²) < 4.78 is 30.9. The predicted molar refractivity (Wildman–Crippen MR) is 108 cm³/mol. The van der Waals surface area contributed by atoms with Crippen LogP contribution in [0.3, 0.4) is 0 Å². The number of nitrogens with zero attached hydrogens (tertiary/aromatic N) is 4. The number of pyridine rings is 2. The zero-order chi connectivity index (χ0) is 21.4. The summed E-state index contributed by atoms with van der Waals surface area (Å²) in [6.07, 6.45) is 0.930. The van der Waals surface area contributed by atoms with Crippen LogP contribution < -0.4 is 10.1 Å². The van der Waals surface area contributed by atoms with Crippen LogP contribution in [0.4, 0.5) is 13.9 Å². The second kappa shape index (κ2) is 8.19. The smallest absolute Gasteiger partial charge is 0.259 e. The van der Waals surface area contributed by atoms with Gasteiger partial charge in [0, 0.05) is 34.9 Å². The molecule has 30 heavy (non-hydrogen) atoms. The third kappa shape index (κ3) is 4.10. The molecule has 3 aromatic heterocycles. The molecule has 1 fully saturated rings. The molecule has 156 valence electrons. The highest BCUT2D eigenvalue weighted by atomic mass is 35.5. The number of anilines is 1. The number of methoxy groups -OCH3 is 1. The maximum absolute atomic E-state index is 12.9. The minimum atomic E-state index is -2.37. The van der Waals surface area contributed by atoms with Crippen molar-refractivity contribution < 1.29 is 18.3 Å². The van der Waals surface area contributed by atoms with Gasteiger partial charge in [-0.05, 0) is 25.5 Å². The minimum Gasteiger partial charge on any atom is -0.494 e. The van der Waals surface area contributed by atoms with E-state index in [9.17, 15) is 13.6 Å². The SMILES string of the molecule is COc1cnc(Cl)cc1-c1cc(C)ncc1C(=O)Nc1nnc([C@H]2C[C@@H]2C(F)F)s1. The molecule has 1 amide bonds. The summed E-state index contributed by atoms with van der Waals surface area (Å²) in [5, 5.41) is 11.5. The number of nitrogens with one attached hydrogen (secondary N) is 1. The molecule has 1 saturated carbocycles. The van der Waals surface area contributed by atoms with Crippen LogP contribution in [0.25, 0.3) is 11.1 Å². The molecule has 3 heterocycles. The Morgan fingerprint density at radius 2 is 2.07 bits per heavy atom. The number of hydrogen-bond donors (Lipinski definition) is 1. The highest BCUT2D eigenvalue weighted by Gasteiger charge is 2.47. The molecule has 0 radical (unpaired) electrons. The monoisotopic (exact) mass is 451 g/mol. The summed E-state index contributed by atoms with van der Waals surface area (Å²) in [6, 6.07) is 3.35. The van der Waals surface area contributed by atoms with E-state index >= 15 is 0 Å². The van der Waals surface area contributed by atoms with Crippen LogP contribution >= 0.6 is 22.9 Å². The molecular formula is C19H16ClF2N5O2S. The van der Waals surface area contributed by atoms with Gasteiger partial charge in [0.1, 0.15) is 15.9 Å². The Morgan fingerprint density at radius 1 is 1.27 bits per heavy atom. The lowest BCUT2D eigenvalue weighted by atomic mass is 10.0. The molecule has 3 aromatic rings. The van der Waals surface area contributed by atoms with Crippen molar-refractivity contribution in [3.8, 4) is 16.9 Å². The molecule has 0 saturated heterocycles. The van der Waals surface area contributed by atoms with E-state index in [4.69, 9.17) is 16.3 Å². The second-order valence-electron chi connectivity index (χ2n) is 6.82. The zero-order valence-electron chi connectivity index (χ0n) is 15.9. The third-order valence-electron chi connectivity index (χ3n) is 4.77. The van der Waals surface area contributed by atoms with Crippen LogP contribution in [0.1, 0.15) is 33.4 Å². The van der Waals surface area contributed by atoms with E-state index in [0.717, 1.165) is 11.3 Å². The van der Waals surface area contributed by atoms with E-state index in [1.54, 1.807) is 19.1 Å². The molecule has 0 aromatic carbocycles. The Kier molecular flexibility index (Phi) is 5.61. The highest BCUT2D eigenvalue weighted by Crippen LogP contribution is 2.51. The van der Waals surface area contributed by atoms with Gasteiger partial charge in [-0.25, -0.2) is 13.8 Å². The van der Waals surface area contributed by atoms with Crippen LogP contribution in [0, 0.1) is 12.8 Å². The molecule has 1 aliphatic carbocycles. The first kappa shape index (κ1) is 20.5. The van der Waals surface area contributed by atoms with Gasteiger partial charge in [0.05, 0.1) is 18.9 Å². The summed E-state index contributed by atoms with van der Waals surface area (Å²) in [7, 11) is 1.50. The van der Waals surface area contributed by atoms with Gasteiger partial charge in [0.2, 0.25) is 11.6 Å². The van der Waals surface area contributed by atoms with Gasteiger partial charge in [0.15, 0.2) is 0 Å². The number of aromatic nitrogens is 4. The number of amides is 1. The predicted octanol–water partition coefficient (Wildman–Crippen LogP) is 4.59. The van der Waals surface area contributed by atoms with Gasteiger partial charge in [-0.2, -0.15) is 0 Å². The van der Waals surface area contributed by atoms with Crippen molar-refractivity contribution in [3.05, 3.63) is 45.9 Å². The van der Waals surface area contributed by atoms with Gasteiger partial charge >= 0.3 is 0 Å². The molecule has 0 unspecified atom stereocenters. The molecule has 0 bridgehead atoms. The summed E-state index contributed by atoms with van der Waals surface area (Å²) in [5.41, 5.74) is 2.12. The molecule has 7 nitrogen and oxygen atoms in total. The Bertz CT molecular complexity index is 1110. The van der Waals surface area contributed by atoms with Crippen LogP contribution in [0.15, 0.2) is 24.5 Å². The molecule has 0 spiro atoms. The van der Waals surface area contributed by atoms with Crippen molar-refractivity contribution in [1.82, 2.24) is 20.2 Å². The summed E-state index contributed by atoms with van der Waals surface area (Å²) >= 11 is 7.14. The van der Waals surface area contributed by atoms with Crippen molar-refractivity contribution in [2.45, 2.75) is 25.7 Å². The number of ether oxygens (including phenoxy) is 1. The average molecular weight is 452 g/mol. The lowest BCUT2D eigenvalue weighted by Crippen LogP contribution is -2.14. The Morgan fingerprint density at radius 3 is 2.77 bits per heavy atom. The highest BCUT2D eigenvalue weighted by molar-refractivity contribution is 7.15. The van der Waals surface area contributed by atoms with Gasteiger partial charge in [-0.15, -0.1) is 10.2 Å². The Balaban J connectivity index is 1.62. The number of carbonyl (C=O) groups is 1.